The Morgan fingerprint density at radius 1 is 1.19 bits per heavy atom. The van der Waals surface area contributed by atoms with Crippen LogP contribution in [0.15, 0.2) is 30.5 Å². The van der Waals surface area contributed by atoms with Gasteiger partial charge in [0.2, 0.25) is 0 Å². The van der Waals surface area contributed by atoms with Crippen molar-refractivity contribution in [3.05, 3.63) is 47.7 Å². The summed E-state index contributed by atoms with van der Waals surface area (Å²) in [4.78, 5) is 17.1. The Balaban J connectivity index is 1.37. The lowest BCUT2D eigenvalue weighted by molar-refractivity contribution is 0.107. The van der Waals surface area contributed by atoms with E-state index in [1.807, 2.05) is 0 Å². The predicted octanol–water partition coefficient (Wildman–Crippen LogP) is 5.89. The van der Waals surface area contributed by atoms with E-state index in [2.05, 4.69) is 19.9 Å². The molecule has 11 heteroatoms. The Morgan fingerprint density at radius 3 is 2.76 bits per heavy atom. The van der Waals surface area contributed by atoms with Gasteiger partial charge >= 0.3 is 6.01 Å². The third kappa shape index (κ3) is 4.31. The Morgan fingerprint density at radius 2 is 2.00 bits per heavy atom. The molecule has 1 N–H and O–H groups in total. The molecular weight excluding hydrogens is 550 g/mol. The lowest BCUT2D eigenvalue weighted by Crippen LogP contribution is -2.43. The standard InChI is InChI=1S/C31H31F4N5O2/c1-3-19-22(33)6-5-16-9-18(41)10-20(25(16)19)27-26(35)28-21(13-36-27)29(39(2)24-11-23(24)34)38-30(37-28)42-15-31-7-4-8-40(31)14-17(32)12-31/h5-6,9-10,13,17,23-24,41H,3-4,7-8,11-12,14-15H2,1-2H3/t17-,23-,24-,31+/m1/s1. The fourth-order valence-corrected chi connectivity index (χ4v) is 6.93. The summed E-state index contributed by atoms with van der Waals surface area (Å²) < 4.78 is 65.9. The monoisotopic (exact) mass is 581 g/mol. The number of aromatic nitrogens is 3. The number of phenolic OH excluding ortho intramolecular Hbond substituents is 1. The highest BCUT2D eigenvalue weighted by atomic mass is 19.1. The first kappa shape index (κ1) is 27.1. The van der Waals surface area contributed by atoms with Crippen molar-refractivity contribution in [1.82, 2.24) is 19.9 Å². The zero-order chi connectivity index (χ0) is 29.3. The summed E-state index contributed by atoms with van der Waals surface area (Å²) in [6, 6.07) is 5.20. The van der Waals surface area contributed by atoms with Gasteiger partial charge in [-0.1, -0.05) is 13.0 Å². The number of hydrogen-bond acceptors (Lipinski definition) is 7. The van der Waals surface area contributed by atoms with Crippen LogP contribution in [0.4, 0.5) is 23.4 Å². The first-order valence-electron chi connectivity index (χ1n) is 14.4. The van der Waals surface area contributed by atoms with Crippen molar-refractivity contribution in [3.63, 3.8) is 0 Å². The van der Waals surface area contributed by atoms with Gasteiger partial charge in [-0.05, 0) is 60.3 Å². The van der Waals surface area contributed by atoms with E-state index in [0.29, 0.717) is 42.1 Å². The summed E-state index contributed by atoms with van der Waals surface area (Å²) in [7, 11) is 1.68. The van der Waals surface area contributed by atoms with E-state index >= 15 is 4.39 Å². The molecule has 1 saturated carbocycles. The van der Waals surface area contributed by atoms with E-state index in [1.54, 1.807) is 18.9 Å². The Labute approximate surface area is 240 Å². The molecule has 3 aliphatic rings. The predicted molar refractivity (Wildman–Crippen MR) is 151 cm³/mol. The molecule has 0 unspecified atom stereocenters. The van der Waals surface area contributed by atoms with Crippen LogP contribution in [0.2, 0.25) is 0 Å². The minimum atomic E-state index is -1.03. The summed E-state index contributed by atoms with van der Waals surface area (Å²) in [6.45, 7) is 3.09. The number of fused-ring (bicyclic) bond motifs is 3. The van der Waals surface area contributed by atoms with Gasteiger partial charge in [-0.3, -0.25) is 9.88 Å². The molecule has 2 aliphatic heterocycles. The molecular formula is C31H31F4N5O2. The summed E-state index contributed by atoms with van der Waals surface area (Å²) in [5.74, 6) is -1.08. The van der Waals surface area contributed by atoms with Gasteiger partial charge in [-0.25, -0.2) is 17.6 Å². The molecule has 7 nitrogen and oxygen atoms in total. The molecule has 4 atom stereocenters. The van der Waals surface area contributed by atoms with Gasteiger partial charge < -0.3 is 14.7 Å². The molecule has 0 amide bonds. The normalized spacial score (nSPS) is 25.3. The number of aryl methyl sites for hydroxylation is 1. The molecule has 1 aliphatic carbocycles. The number of phenols is 1. The third-order valence-electron chi connectivity index (χ3n) is 9.15. The van der Waals surface area contributed by atoms with Crippen LogP contribution >= 0.6 is 0 Å². The molecule has 3 fully saturated rings. The van der Waals surface area contributed by atoms with Crippen LogP contribution in [0, 0.1) is 11.6 Å². The highest BCUT2D eigenvalue weighted by Crippen LogP contribution is 2.42. The Bertz CT molecular complexity index is 1720. The van der Waals surface area contributed by atoms with E-state index < -0.39 is 35.6 Å². The molecule has 220 valence electrons. The summed E-state index contributed by atoms with van der Waals surface area (Å²) in [5, 5.41) is 11.7. The number of alkyl halides is 2. The second kappa shape index (κ2) is 9.93. The maximum Gasteiger partial charge on any atom is 0.319 e. The number of ether oxygens (including phenoxy) is 1. The molecule has 2 saturated heterocycles. The maximum atomic E-state index is 16.5. The lowest BCUT2D eigenvalue weighted by atomic mass is 9.94. The van der Waals surface area contributed by atoms with Crippen molar-refractivity contribution in [2.24, 2.45) is 0 Å². The second-order valence-corrected chi connectivity index (χ2v) is 11.8. The highest BCUT2D eigenvalue weighted by Gasteiger charge is 2.49. The van der Waals surface area contributed by atoms with Gasteiger partial charge in [0.05, 0.1) is 17.0 Å². The number of nitrogens with zero attached hydrogens (tertiary/aromatic N) is 5. The van der Waals surface area contributed by atoms with E-state index in [0.717, 1.165) is 19.4 Å². The third-order valence-corrected chi connectivity index (χ3v) is 9.15. The number of aromatic hydroxyl groups is 1. The Hall–Kier alpha value is -3.73. The van der Waals surface area contributed by atoms with Crippen molar-refractivity contribution in [1.29, 1.82) is 0 Å². The SMILES string of the molecule is CCc1c(F)ccc2cc(O)cc(-c3ncc4c(N(C)[C@@H]5C[C@H]5F)nc(OC[C@@]56CCCN5C[C@H](F)C6)nc4c3F)c12. The molecule has 7 rings (SSSR count). The Kier molecular flexibility index (Phi) is 6.41. The van der Waals surface area contributed by atoms with Gasteiger partial charge in [-0.2, -0.15) is 9.97 Å². The lowest BCUT2D eigenvalue weighted by Gasteiger charge is -2.31. The number of benzene rings is 2. The topological polar surface area (TPSA) is 74.6 Å². The number of rotatable bonds is 7. The maximum absolute atomic E-state index is 16.5. The summed E-state index contributed by atoms with van der Waals surface area (Å²) >= 11 is 0. The average Bonchev–Trinajstić information content (AvgIpc) is 3.45. The fraction of sp³-hybridized carbons (Fsp3) is 0.452. The molecule has 2 aromatic carbocycles. The largest absolute Gasteiger partial charge is 0.508 e. The van der Waals surface area contributed by atoms with Crippen LogP contribution in [0.3, 0.4) is 0 Å². The minimum absolute atomic E-state index is 0.0931. The van der Waals surface area contributed by atoms with E-state index in [1.165, 1.54) is 30.5 Å². The number of anilines is 1. The van der Waals surface area contributed by atoms with Gasteiger partial charge in [0.1, 0.15) is 47.5 Å². The quantitative estimate of drug-likeness (QED) is 0.273. The molecule has 0 spiro atoms. The summed E-state index contributed by atoms with van der Waals surface area (Å²) in [6.07, 6.45) is 2.17. The number of pyridine rings is 1. The molecule has 4 aromatic rings. The zero-order valence-electron chi connectivity index (χ0n) is 23.4. The van der Waals surface area contributed by atoms with Crippen LogP contribution < -0.4 is 9.64 Å². The molecule has 2 aromatic heterocycles. The van der Waals surface area contributed by atoms with Crippen LogP contribution in [0.1, 0.15) is 38.2 Å². The van der Waals surface area contributed by atoms with E-state index in [9.17, 15) is 18.3 Å². The van der Waals surface area contributed by atoms with E-state index in [-0.39, 0.29) is 46.3 Å². The van der Waals surface area contributed by atoms with Crippen molar-refractivity contribution in [2.45, 2.75) is 63.0 Å². The van der Waals surface area contributed by atoms with Crippen LogP contribution in [-0.4, -0.2) is 75.6 Å². The van der Waals surface area contributed by atoms with Gasteiger partial charge in [0.25, 0.3) is 0 Å². The number of halogens is 4. The summed E-state index contributed by atoms with van der Waals surface area (Å²) in [5.41, 5.74) is -0.0735. The fourth-order valence-electron chi connectivity index (χ4n) is 6.93. The van der Waals surface area contributed by atoms with E-state index in [4.69, 9.17) is 4.74 Å². The minimum Gasteiger partial charge on any atom is -0.508 e. The molecule has 0 bridgehead atoms. The van der Waals surface area contributed by atoms with Crippen LogP contribution in [0.5, 0.6) is 11.8 Å². The van der Waals surface area contributed by atoms with Crippen LogP contribution in [0.25, 0.3) is 32.9 Å². The molecule has 4 heterocycles. The van der Waals surface area contributed by atoms with Crippen molar-refractivity contribution >= 4 is 27.5 Å². The molecule has 42 heavy (non-hydrogen) atoms. The van der Waals surface area contributed by atoms with Crippen LogP contribution in [-0.2, 0) is 6.42 Å². The zero-order valence-corrected chi connectivity index (χ0v) is 23.4. The van der Waals surface area contributed by atoms with Gasteiger partial charge in [-0.15, -0.1) is 0 Å². The molecule has 0 radical (unpaired) electrons. The second-order valence-electron chi connectivity index (χ2n) is 11.8. The number of hydrogen-bond donors (Lipinski definition) is 1. The first-order chi connectivity index (χ1) is 20.2. The highest BCUT2D eigenvalue weighted by molar-refractivity contribution is 6.01. The van der Waals surface area contributed by atoms with Crippen molar-refractivity contribution in [3.8, 4) is 23.0 Å². The van der Waals surface area contributed by atoms with Gasteiger partial charge in [0, 0.05) is 38.2 Å². The van der Waals surface area contributed by atoms with Crippen molar-refractivity contribution < 1.29 is 27.4 Å². The smallest absolute Gasteiger partial charge is 0.319 e. The first-order valence-corrected chi connectivity index (χ1v) is 14.4. The average molecular weight is 582 g/mol. The van der Waals surface area contributed by atoms with Crippen molar-refractivity contribution in [2.75, 3.05) is 31.6 Å². The van der Waals surface area contributed by atoms with Gasteiger partial charge in [0.15, 0.2) is 5.82 Å².